The summed E-state index contributed by atoms with van der Waals surface area (Å²) in [6, 6.07) is 5.27. The van der Waals surface area contributed by atoms with Crippen molar-refractivity contribution in [2.45, 2.75) is 0 Å². The summed E-state index contributed by atoms with van der Waals surface area (Å²) >= 11 is 1.45. The number of hydrogen-bond donors (Lipinski definition) is 1. The smallest absolute Gasteiger partial charge is 0.166 e. The van der Waals surface area contributed by atoms with E-state index < -0.39 is 11.6 Å². The summed E-state index contributed by atoms with van der Waals surface area (Å²) in [7, 11) is 1.74. The zero-order valence-electron chi connectivity index (χ0n) is 9.95. The van der Waals surface area contributed by atoms with Gasteiger partial charge >= 0.3 is 0 Å². The van der Waals surface area contributed by atoms with Crippen molar-refractivity contribution in [2.24, 2.45) is 0 Å². The molecular weight excluding hydrogens is 268 g/mol. The van der Waals surface area contributed by atoms with Crippen LogP contribution in [0, 0.1) is 11.6 Å². The highest BCUT2D eigenvalue weighted by Gasteiger charge is 2.13. The van der Waals surface area contributed by atoms with Crippen LogP contribution in [0.2, 0.25) is 0 Å². The van der Waals surface area contributed by atoms with E-state index in [-0.39, 0.29) is 11.4 Å². The molecule has 1 aromatic carbocycles. The lowest BCUT2D eigenvalue weighted by Gasteiger charge is -2.06. The van der Waals surface area contributed by atoms with E-state index >= 15 is 0 Å². The van der Waals surface area contributed by atoms with Crippen molar-refractivity contribution < 1.29 is 8.78 Å². The van der Waals surface area contributed by atoms with Crippen LogP contribution in [-0.4, -0.2) is 17.0 Å². The summed E-state index contributed by atoms with van der Waals surface area (Å²) < 4.78 is 26.7. The monoisotopic (exact) mass is 277 g/mol. The maximum atomic E-state index is 13.8. The Hall–Kier alpha value is -2.08. The largest absolute Gasteiger partial charge is 0.372 e. The van der Waals surface area contributed by atoms with Gasteiger partial charge in [-0.05, 0) is 23.6 Å². The van der Waals surface area contributed by atoms with E-state index in [1.807, 2.05) is 11.4 Å². The summed E-state index contributed by atoms with van der Waals surface area (Å²) in [5.74, 6) is -0.410. The second-order valence-electron chi connectivity index (χ2n) is 3.91. The SMILES string of the molecule is CNc1nc(-c2ccc(F)cc2F)nc2sccc12. The molecule has 3 rings (SSSR count). The minimum atomic E-state index is -0.669. The fourth-order valence-corrected chi connectivity index (χ4v) is 2.60. The first kappa shape index (κ1) is 12.0. The van der Waals surface area contributed by atoms with E-state index in [4.69, 9.17) is 0 Å². The molecule has 3 aromatic rings. The van der Waals surface area contributed by atoms with E-state index in [1.165, 1.54) is 23.5 Å². The number of thiophene rings is 1. The molecule has 2 heterocycles. The van der Waals surface area contributed by atoms with Gasteiger partial charge in [-0.25, -0.2) is 18.7 Å². The fraction of sp³-hybridized carbons (Fsp3) is 0.0769. The average molecular weight is 277 g/mol. The van der Waals surface area contributed by atoms with Gasteiger partial charge in [-0.3, -0.25) is 0 Å². The van der Waals surface area contributed by atoms with Gasteiger partial charge in [-0.1, -0.05) is 0 Å². The third-order valence-corrected chi connectivity index (χ3v) is 3.54. The van der Waals surface area contributed by atoms with Gasteiger partial charge in [0.15, 0.2) is 5.82 Å². The average Bonchev–Trinajstić information content (AvgIpc) is 2.85. The van der Waals surface area contributed by atoms with Gasteiger partial charge in [-0.2, -0.15) is 0 Å². The topological polar surface area (TPSA) is 37.8 Å². The second-order valence-corrected chi connectivity index (χ2v) is 4.80. The number of nitrogens with one attached hydrogen (secondary N) is 1. The van der Waals surface area contributed by atoms with Gasteiger partial charge in [0, 0.05) is 13.1 Å². The summed E-state index contributed by atoms with van der Waals surface area (Å²) in [6.45, 7) is 0. The molecular formula is C13H9F2N3S. The van der Waals surface area contributed by atoms with Crippen molar-refractivity contribution >= 4 is 27.4 Å². The Labute approximate surface area is 111 Å². The van der Waals surface area contributed by atoms with Crippen LogP contribution in [0.15, 0.2) is 29.6 Å². The number of hydrogen-bond acceptors (Lipinski definition) is 4. The first-order valence-corrected chi connectivity index (χ1v) is 6.45. The van der Waals surface area contributed by atoms with Crippen molar-refractivity contribution in [3.05, 3.63) is 41.3 Å². The first-order chi connectivity index (χ1) is 9.19. The highest BCUT2D eigenvalue weighted by atomic mass is 32.1. The lowest BCUT2D eigenvalue weighted by Crippen LogP contribution is -1.98. The molecule has 96 valence electrons. The number of aromatic nitrogens is 2. The predicted octanol–water partition coefficient (Wildman–Crippen LogP) is 3.68. The summed E-state index contributed by atoms with van der Waals surface area (Å²) in [6.07, 6.45) is 0. The minimum Gasteiger partial charge on any atom is -0.372 e. The number of benzene rings is 1. The molecule has 0 fully saturated rings. The van der Waals surface area contributed by atoms with Crippen LogP contribution < -0.4 is 5.32 Å². The number of nitrogens with zero attached hydrogens (tertiary/aromatic N) is 2. The molecule has 6 heteroatoms. The maximum Gasteiger partial charge on any atom is 0.166 e. The quantitative estimate of drug-likeness (QED) is 0.776. The van der Waals surface area contributed by atoms with E-state index in [0.29, 0.717) is 5.82 Å². The van der Waals surface area contributed by atoms with Gasteiger partial charge in [0.1, 0.15) is 22.3 Å². The van der Waals surface area contributed by atoms with Crippen LogP contribution in [-0.2, 0) is 0 Å². The van der Waals surface area contributed by atoms with Crippen LogP contribution >= 0.6 is 11.3 Å². The molecule has 0 aliphatic carbocycles. The normalized spacial score (nSPS) is 10.9. The van der Waals surface area contributed by atoms with Gasteiger partial charge in [-0.15, -0.1) is 11.3 Å². The van der Waals surface area contributed by atoms with Gasteiger partial charge in [0.2, 0.25) is 0 Å². The van der Waals surface area contributed by atoms with Gasteiger partial charge < -0.3 is 5.32 Å². The lowest BCUT2D eigenvalue weighted by molar-refractivity contribution is 0.585. The van der Waals surface area contributed by atoms with Crippen molar-refractivity contribution in [2.75, 3.05) is 12.4 Å². The Morgan fingerprint density at radius 3 is 2.74 bits per heavy atom. The highest BCUT2D eigenvalue weighted by molar-refractivity contribution is 7.16. The van der Waals surface area contributed by atoms with Crippen molar-refractivity contribution in [1.29, 1.82) is 0 Å². The van der Waals surface area contributed by atoms with E-state index in [1.54, 1.807) is 7.05 Å². The van der Waals surface area contributed by atoms with Crippen LogP contribution in [0.25, 0.3) is 21.6 Å². The van der Waals surface area contributed by atoms with Crippen LogP contribution in [0.1, 0.15) is 0 Å². The standard InChI is InChI=1S/C13H9F2N3S/c1-16-11-9-4-5-19-13(9)18-12(17-11)8-3-2-7(14)6-10(8)15/h2-6H,1H3,(H,16,17,18). The minimum absolute atomic E-state index is 0.188. The van der Waals surface area contributed by atoms with Crippen molar-refractivity contribution in [1.82, 2.24) is 9.97 Å². The summed E-state index contributed by atoms with van der Waals surface area (Å²) in [5.41, 5.74) is 0.188. The van der Waals surface area contributed by atoms with Crippen LogP contribution in [0.4, 0.5) is 14.6 Å². The summed E-state index contributed by atoms with van der Waals surface area (Å²) in [5, 5.41) is 5.74. The molecule has 0 saturated heterocycles. The Balaban J connectivity index is 2.24. The Bertz CT molecular complexity index is 755. The zero-order valence-corrected chi connectivity index (χ0v) is 10.8. The Morgan fingerprint density at radius 1 is 1.16 bits per heavy atom. The molecule has 1 N–H and O–H groups in total. The Morgan fingerprint density at radius 2 is 2.00 bits per heavy atom. The molecule has 0 radical (unpaired) electrons. The van der Waals surface area contributed by atoms with Crippen molar-refractivity contribution in [3.8, 4) is 11.4 Å². The number of halogens is 2. The van der Waals surface area contributed by atoms with Crippen LogP contribution in [0.5, 0.6) is 0 Å². The fourth-order valence-electron chi connectivity index (χ4n) is 1.84. The molecule has 0 amide bonds. The highest BCUT2D eigenvalue weighted by Crippen LogP contribution is 2.29. The first-order valence-electron chi connectivity index (χ1n) is 5.57. The van der Waals surface area contributed by atoms with Crippen molar-refractivity contribution in [3.63, 3.8) is 0 Å². The van der Waals surface area contributed by atoms with Crippen LogP contribution in [0.3, 0.4) is 0 Å². The van der Waals surface area contributed by atoms with E-state index in [9.17, 15) is 8.78 Å². The molecule has 0 aliphatic heterocycles. The molecule has 3 nitrogen and oxygen atoms in total. The third-order valence-electron chi connectivity index (χ3n) is 2.73. The molecule has 0 saturated carbocycles. The zero-order chi connectivity index (χ0) is 13.4. The lowest BCUT2D eigenvalue weighted by atomic mass is 10.2. The van der Waals surface area contributed by atoms with Gasteiger partial charge in [0.25, 0.3) is 0 Å². The Kier molecular flexibility index (Phi) is 2.87. The molecule has 0 spiro atoms. The third kappa shape index (κ3) is 2.04. The molecule has 0 unspecified atom stereocenters. The molecule has 0 aliphatic rings. The molecule has 2 aromatic heterocycles. The second kappa shape index (κ2) is 4.55. The number of anilines is 1. The summed E-state index contributed by atoms with van der Waals surface area (Å²) in [4.78, 5) is 9.35. The molecule has 0 atom stereocenters. The molecule has 0 bridgehead atoms. The number of rotatable bonds is 2. The number of fused-ring (bicyclic) bond motifs is 1. The maximum absolute atomic E-state index is 13.8. The predicted molar refractivity (Wildman–Crippen MR) is 72.3 cm³/mol. The van der Waals surface area contributed by atoms with E-state index in [2.05, 4.69) is 15.3 Å². The van der Waals surface area contributed by atoms with E-state index in [0.717, 1.165) is 16.3 Å². The van der Waals surface area contributed by atoms with Gasteiger partial charge in [0.05, 0.1) is 10.9 Å². The molecule has 19 heavy (non-hydrogen) atoms.